The Kier molecular flexibility index (Phi) is 5.70. The molecule has 0 atom stereocenters. The van der Waals surface area contributed by atoms with Crippen molar-refractivity contribution in [3.63, 3.8) is 0 Å². The molecular formula is C14H22N2O. The maximum Gasteiger partial charge on any atom is 0.233 e. The maximum absolute atomic E-state index is 11.3. The van der Waals surface area contributed by atoms with E-state index in [1.165, 1.54) is 16.7 Å². The molecule has 0 unspecified atom stereocenters. The second kappa shape index (κ2) is 7.07. The molecule has 0 spiro atoms. The van der Waals surface area contributed by atoms with E-state index in [0.717, 1.165) is 19.5 Å². The van der Waals surface area contributed by atoms with Crippen LogP contribution in [0.25, 0.3) is 0 Å². The molecule has 1 aromatic carbocycles. The van der Waals surface area contributed by atoms with E-state index in [-0.39, 0.29) is 5.91 Å². The fraction of sp³-hybridized carbons (Fsp3) is 0.500. The first-order valence-electron chi connectivity index (χ1n) is 6.17. The zero-order chi connectivity index (χ0) is 12.7. The number of benzene rings is 1. The minimum absolute atomic E-state index is 0.0654. The quantitative estimate of drug-likeness (QED) is 0.789. The van der Waals surface area contributed by atoms with Gasteiger partial charge in [-0.15, -0.1) is 0 Å². The van der Waals surface area contributed by atoms with Crippen molar-refractivity contribution in [1.29, 1.82) is 0 Å². The lowest BCUT2D eigenvalue weighted by atomic mass is 10.1. The van der Waals surface area contributed by atoms with Crippen molar-refractivity contribution in [3.05, 3.63) is 34.9 Å². The number of amides is 1. The van der Waals surface area contributed by atoms with Gasteiger partial charge < -0.3 is 10.6 Å². The minimum atomic E-state index is 0.0654. The van der Waals surface area contributed by atoms with Gasteiger partial charge in [0.25, 0.3) is 0 Å². The second-order valence-electron chi connectivity index (χ2n) is 4.37. The van der Waals surface area contributed by atoms with Gasteiger partial charge in [-0.25, -0.2) is 0 Å². The third-order valence-corrected chi connectivity index (χ3v) is 2.76. The first-order valence-corrected chi connectivity index (χ1v) is 6.17. The van der Waals surface area contributed by atoms with E-state index >= 15 is 0 Å². The number of carbonyl (C=O) groups is 1. The summed E-state index contributed by atoms with van der Waals surface area (Å²) in [7, 11) is 0. The Labute approximate surface area is 104 Å². The lowest BCUT2D eigenvalue weighted by Gasteiger charge is -2.07. The van der Waals surface area contributed by atoms with Gasteiger partial charge in [-0.3, -0.25) is 4.79 Å². The minimum Gasteiger partial charge on any atom is -0.355 e. The van der Waals surface area contributed by atoms with Crippen molar-refractivity contribution in [2.24, 2.45) is 0 Å². The summed E-state index contributed by atoms with van der Waals surface area (Å²) in [5, 5.41) is 5.98. The van der Waals surface area contributed by atoms with Crippen LogP contribution in [-0.4, -0.2) is 19.0 Å². The molecule has 0 saturated carbocycles. The Bertz CT molecular complexity index is 374. The third-order valence-electron chi connectivity index (χ3n) is 2.76. The molecule has 1 rings (SSSR count). The van der Waals surface area contributed by atoms with Crippen molar-refractivity contribution in [1.82, 2.24) is 10.6 Å². The number of hydrogen-bond acceptors (Lipinski definition) is 2. The SMILES string of the molecule is CCCNC(=O)CNCc1ccc(C)c(C)c1. The van der Waals surface area contributed by atoms with Crippen LogP contribution in [0.15, 0.2) is 18.2 Å². The van der Waals surface area contributed by atoms with Crippen molar-refractivity contribution < 1.29 is 4.79 Å². The largest absolute Gasteiger partial charge is 0.355 e. The van der Waals surface area contributed by atoms with Crippen molar-refractivity contribution in [3.8, 4) is 0 Å². The van der Waals surface area contributed by atoms with Gasteiger partial charge in [-0.05, 0) is 37.0 Å². The molecule has 0 heterocycles. The van der Waals surface area contributed by atoms with E-state index in [2.05, 4.69) is 42.7 Å². The Morgan fingerprint density at radius 1 is 1.24 bits per heavy atom. The summed E-state index contributed by atoms with van der Waals surface area (Å²) in [5.41, 5.74) is 3.81. The molecule has 0 aromatic heterocycles. The van der Waals surface area contributed by atoms with Gasteiger partial charge >= 0.3 is 0 Å². The molecule has 17 heavy (non-hydrogen) atoms. The van der Waals surface area contributed by atoms with E-state index in [1.807, 2.05) is 6.92 Å². The van der Waals surface area contributed by atoms with E-state index in [0.29, 0.717) is 6.54 Å². The Hall–Kier alpha value is -1.35. The molecule has 0 bridgehead atoms. The van der Waals surface area contributed by atoms with Crippen LogP contribution in [-0.2, 0) is 11.3 Å². The molecular weight excluding hydrogens is 212 g/mol. The number of aryl methyl sites for hydroxylation is 2. The molecule has 94 valence electrons. The summed E-state index contributed by atoms with van der Waals surface area (Å²) < 4.78 is 0. The summed E-state index contributed by atoms with van der Waals surface area (Å²) in [5.74, 6) is 0.0654. The molecule has 0 aliphatic carbocycles. The summed E-state index contributed by atoms with van der Waals surface area (Å²) in [6.45, 7) is 8.12. The third kappa shape index (κ3) is 5.00. The monoisotopic (exact) mass is 234 g/mol. The number of rotatable bonds is 6. The van der Waals surface area contributed by atoms with Gasteiger partial charge in [-0.2, -0.15) is 0 Å². The molecule has 1 amide bonds. The molecule has 0 radical (unpaired) electrons. The Morgan fingerprint density at radius 3 is 2.65 bits per heavy atom. The molecule has 3 nitrogen and oxygen atoms in total. The van der Waals surface area contributed by atoms with Gasteiger partial charge in [0.2, 0.25) is 5.91 Å². The van der Waals surface area contributed by atoms with Crippen LogP contribution in [0.5, 0.6) is 0 Å². The summed E-state index contributed by atoms with van der Waals surface area (Å²) >= 11 is 0. The smallest absolute Gasteiger partial charge is 0.233 e. The zero-order valence-corrected chi connectivity index (χ0v) is 11.0. The highest BCUT2D eigenvalue weighted by Gasteiger charge is 2.00. The first kappa shape index (κ1) is 13.7. The molecule has 3 heteroatoms. The molecule has 0 fully saturated rings. The summed E-state index contributed by atoms with van der Waals surface area (Å²) in [6.07, 6.45) is 0.975. The topological polar surface area (TPSA) is 41.1 Å². The van der Waals surface area contributed by atoms with Crippen LogP contribution in [0.2, 0.25) is 0 Å². The Morgan fingerprint density at radius 2 is 2.00 bits per heavy atom. The average molecular weight is 234 g/mol. The lowest BCUT2D eigenvalue weighted by Crippen LogP contribution is -2.33. The molecule has 0 aliphatic rings. The normalized spacial score (nSPS) is 10.3. The van der Waals surface area contributed by atoms with Gasteiger partial charge in [0, 0.05) is 13.1 Å². The zero-order valence-electron chi connectivity index (χ0n) is 11.0. The molecule has 0 saturated heterocycles. The lowest BCUT2D eigenvalue weighted by molar-refractivity contribution is -0.120. The molecule has 2 N–H and O–H groups in total. The van der Waals surface area contributed by atoms with Crippen LogP contribution in [0.1, 0.15) is 30.0 Å². The number of carbonyl (C=O) groups excluding carboxylic acids is 1. The first-order chi connectivity index (χ1) is 8.13. The second-order valence-corrected chi connectivity index (χ2v) is 4.37. The van der Waals surface area contributed by atoms with Gasteiger partial charge in [0.1, 0.15) is 0 Å². The standard InChI is InChI=1S/C14H22N2O/c1-4-7-16-14(17)10-15-9-13-6-5-11(2)12(3)8-13/h5-6,8,15H,4,7,9-10H2,1-3H3,(H,16,17). The fourth-order valence-corrected chi connectivity index (χ4v) is 1.56. The average Bonchev–Trinajstić information content (AvgIpc) is 2.31. The molecule has 1 aromatic rings. The van der Waals surface area contributed by atoms with E-state index in [4.69, 9.17) is 0 Å². The van der Waals surface area contributed by atoms with E-state index < -0.39 is 0 Å². The highest BCUT2D eigenvalue weighted by Crippen LogP contribution is 2.09. The van der Waals surface area contributed by atoms with Crippen molar-refractivity contribution >= 4 is 5.91 Å². The van der Waals surface area contributed by atoms with Crippen LogP contribution < -0.4 is 10.6 Å². The summed E-state index contributed by atoms with van der Waals surface area (Å²) in [4.78, 5) is 11.3. The van der Waals surface area contributed by atoms with Gasteiger partial charge in [0.05, 0.1) is 6.54 Å². The predicted octanol–water partition coefficient (Wildman–Crippen LogP) is 1.92. The predicted molar refractivity (Wildman–Crippen MR) is 70.9 cm³/mol. The Balaban J connectivity index is 2.30. The van der Waals surface area contributed by atoms with Crippen LogP contribution in [0.4, 0.5) is 0 Å². The number of nitrogens with one attached hydrogen (secondary N) is 2. The maximum atomic E-state index is 11.3. The van der Waals surface area contributed by atoms with Gasteiger partial charge in [0.15, 0.2) is 0 Å². The number of hydrogen-bond donors (Lipinski definition) is 2. The van der Waals surface area contributed by atoms with Crippen molar-refractivity contribution in [2.75, 3.05) is 13.1 Å². The van der Waals surface area contributed by atoms with Crippen LogP contribution >= 0.6 is 0 Å². The highest BCUT2D eigenvalue weighted by atomic mass is 16.1. The molecule has 0 aliphatic heterocycles. The van der Waals surface area contributed by atoms with E-state index in [9.17, 15) is 4.79 Å². The van der Waals surface area contributed by atoms with Crippen LogP contribution in [0.3, 0.4) is 0 Å². The van der Waals surface area contributed by atoms with Gasteiger partial charge in [-0.1, -0.05) is 25.1 Å². The highest BCUT2D eigenvalue weighted by molar-refractivity contribution is 5.77. The summed E-state index contributed by atoms with van der Waals surface area (Å²) in [6, 6.07) is 6.37. The van der Waals surface area contributed by atoms with Crippen molar-refractivity contribution in [2.45, 2.75) is 33.7 Å². The fourth-order valence-electron chi connectivity index (χ4n) is 1.56. The van der Waals surface area contributed by atoms with E-state index in [1.54, 1.807) is 0 Å². The van der Waals surface area contributed by atoms with Crippen LogP contribution in [0, 0.1) is 13.8 Å².